The molecule has 0 fully saturated rings. The van der Waals surface area contributed by atoms with Gasteiger partial charge >= 0.3 is 35.5 Å². The Hall–Kier alpha value is -0.520. The van der Waals surface area contributed by atoms with E-state index in [0.29, 0.717) is 10.6 Å². The van der Waals surface area contributed by atoms with Crippen LogP contribution in [-0.4, -0.2) is 11.1 Å². The molecule has 0 aliphatic carbocycles. The Labute approximate surface area is 154 Å². The summed E-state index contributed by atoms with van der Waals surface area (Å²) in [6.45, 7) is 0. The van der Waals surface area contributed by atoms with Gasteiger partial charge in [-0.3, -0.25) is 4.79 Å². The topological polar surface area (TPSA) is 49.3 Å². The largest absolute Gasteiger partial charge is 1.00 e. The van der Waals surface area contributed by atoms with Crippen LogP contribution < -0.4 is 34.9 Å². The monoisotopic (exact) mass is 363 g/mol. The van der Waals surface area contributed by atoms with Crippen LogP contribution in [0.2, 0.25) is 5.02 Å². The maximum atomic E-state index is 10.8. The molecule has 0 bridgehead atoms. The van der Waals surface area contributed by atoms with Crippen LogP contribution in [0, 0.1) is 0 Å². The van der Waals surface area contributed by atoms with Gasteiger partial charge in [-0.1, -0.05) is 35.9 Å². The van der Waals surface area contributed by atoms with Crippen molar-refractivity contribution >= 4 is 44.9 Å². The van der Waals surface area contributed by atoms with Crippen LogP contribution in [0.25, 0.3) is 0 Å². The van der Waals surface area contributed by atoms with E-state index >= 15 is 0 Å². The first-order chi connectivity index (χ1) is 9.08. The maximum absolute atomic E-state index is 10.8. The van der Waals surface area contributed by atoms with E-state index in [2.05, 4.69) is 21.2 Å². The number of benzene rings is 2. The second kappa shape index (κ2) is 8.05. The van der Waals surface area contributed by atoms with Crippen LogP contribution in [0.15, 0.2) is 46.9 Å². The van der Waals surface area contributed by atoms with Crippen LogP contribution in [0.1, 0.15) is 6.99 Å². The molecule has 2 aromatic rings. The number of nitrogens with one attached hydrogen (secondary N) is 1. The molecule has 0 spiro atoms. The predicted molar refractivity (Wildman–Crippen MR) is 81.3 cm³/mol. The molecule has 0 unspecified atom stereocenters. The number of carboxylic acids is 1. The Kier molecular flexibility index (Phi) is 7.06. The van der Waals surface area contributed by atoms with Gasteiger partial charge in [0.15, 0.2) is 0 Å². The van der Waals surface area contributed by atoms with E-state index < -0.39 is 5.97 Å². The van der Waals surface area contributed by atoms with E-state index in [-0.39, 0.29) is 37.4 Å². The van der Waals surface area contributed by atoms with Gasteiger partial charge in [-0.2, -0.15) is 0 Å². The fourth-order valence-corrected chi connectivity index (χ4v) is 2.51. The van der Waals surface area contributed by atoms with E-state index in [9.17, 15) is 4.79 Å². The first kappa shape index (κ1) is 17.5. The van der Waals surface area contributed by atoms with Crippen molar-refractivity contribution in [3.63, 3.8) is 0 Å². The van der Waals surface area contributed by atoms with Crippen molar-refractivity contribution in [1.82, 2.24) is 0 Å². The SMILES string of the molecule is O=C(O)Cc1ccccc1Nc1c(Cl)cccc1Br.[H-].[Na+]. The number of rotatable bonds is 4. The third-order valence-electron chi connectivity index (χ3n) is 2.58. The summed E-state index contributed by atoms with van der Waals surface area (Å²) in [5.41, 5.74) is 2.17. The zero-order valence-electron chi connectivity index (χ0n) is 11.9. The van der Waals surface area contributed by atoms with Gasteiger partial charge in [-0.15, -0.1) is 0 Å². The number of aliphatic carboxylic acids is 1. The third-order valence-corrected chi connectivity index (χ3v) is 3.56. The molecule has 0 atom stereocenters. The smallest absolute Gasteiger partial charge is 1.00 e. The van der Waals surface area contributed by atoms with E-state index in [0.717, 1.165) is 15.8 Å². The molecule has 100 valence electrons. The van der Waals surface area contributed by atoms with Gasteiger partial charge < -0.3 is 11.8 Å². The normalized spacial score (nSPS) is 9.70. The van der Waals surface area contributed by atoms with Gasteiger partial charge in [-0.05, 0) is 39.7 Å². The predicted octanol–water partition coefficient (Wildman–Crippen LogP) is 1.59. The Balaban J connectivity index is 0.00000200. The molecule has 0 saturated carbocycles. The van der Waals surface area contributed by atoms with Crippen molar-refractivity contribution < 1.29 is 40.9 Å². The van der Waals surface area contributed by atoms with E-state index in [1.54, 1.807) is 12.1 Å². The van der Waals surface area contributed by atoms with Gasteiger partial charge in [0.1, 0.15) is 0 Å². The second-order valence-corrected chi connectivity index (χ2v) is 5.21. The molecule has 2 aromatic carbocycles. The molecule has 2 rings (SSSR count). The Morgan fingerprint density at radius 1 is 1.25 bits per heavy atom. The van der Waals surface area contributed by atoms with Gasteiger partial charge in [0.05, 0.1) is 17.1 Å². The zero-order valence-corrected chi connectivity index (χ0v) is 15.2. The number of carbonyl (C=O) groups is 1. The average Bonchev–Trinajstić information content (AvgIpc) is 2.35. The minimum absolute atomic E-state index is 0. The summed E-state index contributed by atoms with van der Waals surface area (Å²) in [7, 11) is 0. The summed E-state index contributed by atoms with van der Waals surface area (Å²) < 4.78 is 0.824. The molecule has 6 heteroatoms. The molecule has 0 amide bonds. The van der Waals surface area contributed by atoms with Crippen LogP contribution in [-0.2, 0) is 11.2 Å². The summed E-state index contributed by atoms with van der Waals surface area (Å²) in [6.07, 6.45) is -0.0365. The quantitative estimate of drug-likeness (QED) is 0.810. The number of anilines is 2. The molecule has 0 saturated heterocycles. The van der Waals surface area contributed by atoms with Crippen LogP contribution >= 0.6 is 27.5 Å². The standard InChI is InChI=1S/C14H11BrClNO2.Na.H/c15-10-5-3-6-11(16)14(10)17-12-7-2-1-4-9(12)8-13(18)19;;/h1-7,17H,8H2,(H,18,19);;/q;+1;-1. The van der Waals surface area contributed by atoms with Crippen molar-refractivity contribution in [3.05, 3.63) is 57.5 Å². The molecular formula is C14H12BrClNNaO2. The number of hydrogen-bond donors (Lipinski definition) is 2. The maximum Gasteiger partial charge on any atom is 1.00 e. The van der Waals surface area contributed by atoms with Gasteiger partial charge in [0.25, 0.3) is 0 Å². The van der Waals surface area contributed by atoms with E-state index in [1.807, 2.05) is 30.3 Å². The minimum Gasteiger partial charge on any atom is -1.00 e. The van der Waals surface area contributed by atoms with Crippen molar-refractivity contribution in [3.8, 4) is 0 Å². The van der Waals surface area contributed by atoms with Gasteiger partial charge in [0, 0.05) is 10.2 Å². The van der Waals surface area contributed by atoms with Crippen molar-refractivity contribution in [2.75, 3.05) is 5.32 Å². The molecule has 3 nitrogen and oxygen atoms in total. The molecule has 0 radical (unpaired) electrons. The third kappa shape index (κ3) is 4.50. The van der Waals surface area contributed by atoms with Crippen molar-refractivity contribution in [2.45, 2.75) is 6.42 Å². The fraction of sp³-hybridized carbons (Fsp3) is 0.0714. The van der Waals surface area contributed by atoms with Crippen LogP contribution in [0.5, 0.6) is 0 Å². The Morgan fingerprint density at radius 2 is 1.95 bits per heavy atom. The summed E-state index contributed by atoms with van der Waals surface area (Å²) >= 11 is 9.55. The van der Waals surface area contributed by atoms with Crippen LogP contribution in [0.3, 0.4) is 0 Å². The molecule has 0 heterocycles. The first-order valence-corrected chi connectivity index (χ1v) is 6.76. The minimum atomic E-state index is -0.868. The van der Waals surface area contributed by atoms with E-state index in [1.165, 1.54) is 0 Å². The van der Waals surface area contributed by atoms with Gasteiger partial charge in [0.2, 0.25) is 0 Å². The molecule has 0 aliphatic rings. The summed E-state index contributed by atoms with van der Waals surface area (Å²) in [5, 5.41) is 12.6. The van der Waals surface area contributed by atoms with Crippen LogP contribution in [0.4, 0.5) is 11.4 Å². The molecular weight excluding hydrogens is 353 g/mol. The fourth-order valence-electron chi connectivity index (χ4n) is 1.71. The number of carboxylic acid groups (broad SMARTS) is 1. The zero-order chi connectivity index (χ0) is 13.8. The van der Waals surface area contributed by atoms with E-state index in [4.69, 9.17) is 16.7 Å². The second-order valence-electron chi connectivity index (χ2n) is 3.95. The molecule has 0 aromatic heterocycles. The van der Waals surface area contributed by atoms with Gasteiger partial charge in [-0.25, -0.2) is 0 Å². The summed E-state index contributed by atoms with van der Waals surface area (Å²) in [4.78, 5) is 10.8. The summed E-state index contributed by atoms with van der Waals surface area (Å²) in [6, 6.07) is 12.7. The Bertz CT molecular complexity index is 607. The van der Waals surface area contributed by atoms with Crippen molar-refractivity contribution in [1.29, 1.82) is 0 Å². The average molecular weight is 365 g/mol. The molecule has 20 heavy (non-hydrogen) atoms. The molecule has 0 aliphatic heterocycles. The number of para-hydroxylation sites is 2. The summed E-state index contributed by atoms with van der Waals surface area (Å²) in [5.74, 6) is -0.868. The van der Waals surface area contributed by atoms with Crippen molar-refractivity contribution in [2.24, 2.45) is 0 Å². The molecule has 2 N–H and O–H groups in total. The first-order valence-electron chi connectivity index (χ1n) is 5.58. The Morgan fingerprint density at radius 3 is 2.60 bits per heavy atom. The number of halogens is 2. The number of hydrogen-bond acceptors (Lipinski definition) is 2.